The van der Waals surface area contributed by atoms with Gasteiger partial charge in [0.25, 0.3) is 0 Å². The quantitative estimate of drug-likeness (QED) is 0.559. The molecule has 3 aromatic rings. The maximum Gasteiger partial charge on any atom is 0.329 e. The minimum atomic E-state index is -0.625. The van der Waals surface area contributed by atoms with E-state index in [0.29, 0.717) is 24.1 Å². The molecule has 0 aromatic carbocycles. The number of amides is 2. The smallest absolute Gasteiger partial charge is 0.329 e. The summed E-state index contributed by atoms with van der Waals surface area (Å²) in [7, 11) is 0. The van der Waals surface area contributed by atoms with E-state index in [1.807, 2.05) is 45.0 Å². The first-order valence-electron chi connectivity index (χ1n) is 12.4. The monoisotopic (exact) mass is 503 g/mol. The Morgan fingerprint density at radius 1 is 1.24 bits per heavy atom. The number of anilines is 3. The molecule has 2 fully saturated rings. The van der Waals surface area contributed by atoms with Crippen LogP contribution in [0.1, 0.15) is 26.0 Å². The first kappa shape index (κ1) is 23.6. The lowest BCUT2D eigenvalue weighted by Crippen LogP contribution is -2.48. The van der Waals surface area contributed by atoms with Crippen molar-refractivity contribution in [2.75, 3.05) is 41.4 Å². The minimum absolute atomic E-state index is 0.0182. The van der Waals surface area contributed by atoms with E-state index < -0.39 is 5.79 Å². The van der Waals surface area contributed by atoms with Crippen LogP contribution in [0, 0.1) is 6.92 Å². The zero-order valence-corrected chi connectivity index (χ0v) is 21.0. The molecule has 3 aliphatic rings. The summed E-state index contributed by atoms with van der Waals surface area (Å²) in [5, 5.41) is 2.89. The van der Waals surface area contributed by atoms with E-state index in [9.17, 15) is 4.79 Å². The van der Waals surface area contributed by atoms with Gasteiger partial charge in [0.15, 0.2) is 17.4 Å². The van der Waals surface area contributed by atoms with Crippen molar-refractivity contribution in [3.63, 3.8) is 0 Å². The molecule has 37 heavy (non-hydrogen) atoms. The SMILES string of the molecule is Cc1cc(-c2ccc3c(n2)N(C(=O)Nc2cncc(OC[C@@H]4COC(C)(C)O4)n2)[C@H]2CCN3C2)ccn1. The lowest BCUT2D eigenvalue weighted by molar-refractivity contribution is -0.141. The highest BCUT2D eigenvalue weighted by atomic mass is 16.7. The number of ether oxygens (including phenoxy) is 3. The van der Waals surface area contributed by atoms with Crippen molar-refractivity contribution in [2.45, 2.75) is 45.1 Å². The van der Waals surface area contributed by atoms with Crippen LogP contribution >= 0.6 is 0 Å². The summed E-state index contributed by atoms with van der Waals surface area (Å²) < 4.78 is 17.1. The topological polar surface area (TPSA) is 115 Å². The molecule has 0 aliphatic carbocycles. The van der Waals surface area contributed by atoms with Crippen LogP contribution in [0.25, 0.3) is 11.3 Å². The number of carbonyl (C=O) groups excluding carboxylic acids is 1. The maximum absolute atomic E-state index is 13.6. The number of rotatable bonds is 5. The van der Waals surface area contributed by atoms with E-state index in [-0.39, 0.29) is 24.8 Å². The maximum atomic E-state index is 13.6. The van der Waals surface area contributed by atoms with E-state index in [0.717, 1.165) is 42.1 Å². The van der Waals surface area contributed by atoms with Crippen molar-refractivity contribution in [3.8, 4) is 17.1 Å². The van der Waals surface area contributed by atoms with Gasteiger partial charge in [-0.15, -0.1) is 0 Å². The highest BCUT2D eigenvalue weighted by Gasteiger charge is 2.40. The summed E-state index contributed by atoms with van der Waals surface area (Å²) in [5.41, 5.74) is 3.61. The first-order valence-corrected chi connectivity index (χ1v) is 12.4. The number of hydrogen-bond donors (Lipinski definition) is 1. The van der Waals surface area contributed by atoms with Crippen molar-refractivity contribution in [2.24, 2.45) is 0 Å². The third-order valence-electron chi connectivity index (χ3n) is 6.70. The Morgan fingerprint density at radius 2 is 2.14 bits per heavy atom. The Bertz CT molecular complexity index is 1330. The average Bonchev–Trinajstić information content (AvgIpc) is 3.46. The molecule has 2 atom stereocenters. The van der Waals surface area contributed by atoms with Crippen LogP contribution in [-0.4, -0.2) is 70.2 Å². The standard InChI is InChI=1S/C26H29N7O4/c1-16-10-17(6-8-28-16)20-4-5-21-24(29-20)33(18-7-9-32(21)13-18)25(34)31-22-11-27-12-23(30-22)35-14-19-15-36-26(2,3)37-19/h4-6,8,10-12,18-19H,7,9,13-15H2,1-3H3,(H,30,31,34)/t18-,19+/m0/s1. The number of aromatic nitrogens is 4. The summed E-state index contributed by atoms with van der Waals surface area (Å²) in [5.74, 6) is 0.611. The molecular formula is C26H29N7O4. The van der Waals surface area contributed by atoms with Gasteiger partial charge in [-0.25, -0.2) is 9.78 Å². The summed E-state index contributed by atoms with van der Waals surface area (Å²) in [6.45, 7) is 8.03. The number of aryl methyl sites for hydroxylation is 1. The van der Waals surface area contributed by atoms with Gasteiger partial charge in [-0.3, -0.25) is 20.2 Å². The molecule has 0 unspecified atom stereocenters. The molecular weight excluding hydrogens is 474 g/mol. The molecule has 0 saturated carbocycles. The second-order valence-electron chi connectivity index (χ2n) is 9.92. The van der Waals surface area contributed by atoms with Crippen LogP contribution < -0.4 is 19.9 Å². The predicted molar refractivity (Wildman–Crippen MR) is 137 cm³/mol. The van der Waals surface area contributed by atoms with Gasteiger partial charge in [-0.1, -0.05) is 0 Å². The summed E-state index contributed by atoms with van der Waals surface area (Å²) in [6.07, 6.45) is 5.44. The highest BCUT2D eigenvalue weighted by Crippen LogP contribution is 2.40. The van der Waals surface area contributed by atoms with Gasteiger partial charge in [0.1, 0.15) is 12.7 Å². The lowest BCUT2D eigenvalue weighted by atomic mass is 10.1. The summed E-state index contributed by atoms with van der Waals surface area (Å²) >= 11 is 0. The fraction of sp³-hybridized carbons (Fsp3) is 0.423. The zero-order chi connectivity index (χ0) is 25.6. The van der Waals surface area contributed by atoms with Crippen molar-refractivity contribution in [1.82, 2.24) is 19.9 Å². The van der Waals surface area contributed by atoms with Crippen LogP contribution in [0.4, 0.5) is 22.1 Å². The van der Waals surface area contributed by atoms with E-state index in [1.54, 1.807) is 11.1 Å². The van der Waals surface area contributed by atoms with Crippen molar-refractivity contribution >= 4 is 23.4 Å². The molecule has 6 rings (SSSR count). The lowest BCUT2D eigenvalue weighted by Gasteiger charge is -2.35. The number of carbonyl (C=O) groups is 1. The van der Waals surface area contributed by atoms with Crippen LogP contribution in [0.5, 0.6) is 5.88 Å². The van der Waals surface area contributed by atoms with Gasteiger partial charge >= 0.3 is 6.03 Å². The molecule has 11 heteroatoms. The van der Waals surface area contributed by atoms with Gasteiger partial charge in [0.05, 0.1) is 36.4 Å². The Morgan fingerprint density at radius 3 is 2.95 bits per heavy atom. The van der Waals surface area contributed by atoms with Crippen LogP contribution in [0.3, 0.4) is 0 Å². The van der Waals surface area contributed by atoms with Gasteiger partial charge in [0, 0.05) is 30.5 Å². The molecule has 3 aliphatic heterocycles. The Hall–Kier alpha value is -3.83. The number of nitrogens with zero attached hydrogens (tertiary/aromatic N) is 6. The molecule has 0 spiro atoms. The molecule has 2 amide bonds. The fourth-order valence-electron chi connectivity index (χ4n) is 5.01. The normalized spacial score (nSPS) is 21.6. The van der Waals surface area contributed by atoms with Crippen LogP contribution in [0.15, 0.2) is 42.9 Å². The van der Waals surface area contributed by atoms with Gasteiger partial charge < -0.3 is 19.1 Å². The Kier molecular flexibility index (Phi) is 5.88. The highest BCUT2D eigenvalue weighted by molar-refractivity contribution is 6.04. The number of nitrogens with one attached hydrogen (secondary N) is 1. The molecule has 2 bridgehead atoms. The number of urea groups is 1. The molecule has 2 saturated heterocycles. The Balaban J connectivity index is 1.21. The third-order valence-corrected chi connectivity index (χ3v) is 6.70. The minimum Gasteiger partial charge on any atom is -0.474 e. The van der Waals surface area contributed by atoms with E-state index >= 15 is 0 Å². The van der Waals surface area contributed by atoms with Crippen LogP contribution in [0.2, 0.25) is 0 Å². The molecule has 3 aromatic heterocycles. The van der Waals surface area contributed by atoms with Crippen molar-refractivity contribution in [1.29, 1.82) is 0 Å². The number of pyridine rings is 2. The van der Waals surface area contributed by atoms with Crippen molar-refractivity contribution < 1.29 is 19.0 Å². The second-order valence-corrected chi connectivity index (χ2v) is 9.92. The first-order chi connectivity index (χ1) is 17.8. The molecule has 192 valence electrons. The van der Waals surface area contributed by atoms with Gasteiger partial charge in [-0.05, 0) is 51.5 Å². The molecule has 0 radical (unpaired) electrons. The van der Waals surface area contributed by atoms with Gasteiger partial charge in [-0.2, -0.15) is 4.98 Å². The average molecular weight is 504 g/mol. The van der Waals surface area contributed by atoms with Crippen LogP contribution in [-0.2, 0) is 9.47 Å². The summed E-state index contributed by atoms with van der Waals surface area (Å²) in [4.78, 5) is 35.4. The molecule has 6 heterocycles. The fourth-order valence-corrected chi connectivity index (χ4v) is 5.01. The predicted octanol–water partition coefficient (Wildman–Crippen LogP) is 3.40. The van der Waals surface area contributed by atoms with Crippen molar-refractivity contribution in [3.05, 3.63) is 48.5 Å². The van der Waals surface area contributed by atoms with E-state index in [2.05, 4.69) is 25.2 Å². The largest absolute Gasteiger partial charge is 0.474 e. The Labute approximate surface area is 214 Å². The third kappa shape index (κ3) is 4.79. The number of hydrogen-bond acceptors (Lipinski definition) is 9. The van der Waals surface area contributed by atoms with E-state index in [4.69, 9.17) is 19.2 Å². The molecule has 1 N–H and O–H groups in total. The number of fused-ring (bicyclic) bond motifs is 4. The molecule has 11 nitrogen and oxygen atoms in total. The summed E-state index contributed by atoms with van der Waals surface area (Å²) in [6, 6.07) is 7.67. The van der Waals surface area contributed by atoms with E-state index in [1.165, 1.54) is 12.4 Å². The zero-order valence-electron chi connectivity index (χ0n) is 21.0. The van der Waals surface area contributed by atoms with Gasteiger partial charge in [0.2, 0.25) is 5.88 Å². The second kappa shape index (κ2) is 9.24.